The molecule has 0 aliphatic carbocycles. The number of benzene rings is 1. The lowest BCUT2D eigenvalue weighted by molar-refractivity contribution is -0.136. The Morgan fingerprint density at radius 1 is 1.26 bits per heavy atom. The van der Waals surface area contributed by atoms with Crippen LogP contribution in [0.1, 0.15) is 24.4 Å². The molecule has 1 heterocycles. The number of H-pyrrole nitrogens is 2. The summed E-state index contributed by atoms with van der Waals surface area (Å²) in [7, 11) is 1.62. The maximum Gasteiger partial charge on any atom is 0.389 e. The number of hydrogen-bond acceptors (Lipinski definition) is 2. The molecule has 1 aromatic carbocycles. The first kappa shape index (κ1) is 13.7. The van der Waals surface area contributed by atoms with Gasteiger partial charge in [0.05, 0.1) is 11.0 Å². The number of hydrogen-bond donors (Lipinski definition) is 3. The molecule has 1 aromatic heterocycles. The predicted octanol–water partition coefficient (Wildman–Crippen LogP) is 2.46. The van der Waals surface area contributed by atoms with Gasteiger partial charge in [0.15, 0.2) is 0 Å². The molecule has 19 heavy (non-hydrogen) atoms. The molecule has 1 atom stereocenters. The Balaban J connectivity index is 2.22. The van der Waals surface area contributed by atoms with Crippen LogP contribution in [0.3, 0.4) is 0 Å². The van der Waals surface area contributed by atoms with Crippen molar-refractivity contribution < 1.29 is 13.2 Å². The van der Waals surface area contributed by atoms with Gasteiger partial charge in [-0.25, -0.2) is 4.79 Å². The highest BCUT2D eigenvalue weighted by Crippen LogP contribution is 2.28. The van der Waals surface area contributed by atoms with Crippen molar-refractivity contribution in [1.29, 1.82) is 0 Å². The molecule has 0 amide bonds. The molecule has 0 fully saturated rings. The number of aromatic amines is 2. The van der Waals surface area contributed by atoms with Crippen LogP contribution in [-0.2, 0) is 0 Å². The summed E-state index contributed by atoms with van der Waals surface area (Å²) in [5.41, 5.74) is 1.62. The van der Waals surface area contributed by atoms with Gasteiger partial charge in [0.25, 0.3) is 0 Å². The van der Waals surface area contributed by atoms with Gasteiger partial charge in [0, 0.05) is 12.5 Å². The van der Waals surface area contributed by atoms with E-state index in [1.165, 1.54) is 0 Å². The van der Waals surface area contributed by atoms with Gasteiger partial charge in [-0.05, 0) is 31.2 Å². The van der Waals surface area contributed by atoms with Crippen molar-refractivity contribution in [1.82, 2.24) is 15.3 Å². The number of nitrogens with one attached hydrogen (secondary N) is 3. The molecule has 0 radical (unpaired) electrons. The fourth-order valence-electron chi connectivity index (χ4n) is 2.05. The Kier molecular flexibility index (Phi) is 3.66. The molecule has 0 bridgehead atoms. The van der Waals surface area contributed by atoms with Gasteiger partial charge in [0.1, 0.15) is 0 Å². The zero-order valence-electron chi connectivity index (χ0n) is 10.3. The van der Waals surface area contributed by atoms with Crippen LogP contribution in [0.5, 0.6) is 0 Å². The lowest BCUT2D eigenvalue weighted by Crippen LogP contribution is -2.19. The summed E-state index contributed by atoms with van der Waals surface area (Å²) in [5.74, 6) is 0. The van der Waals surface area contributed by atoms with Gasteiger partial charge in [0.2, 0.25) is 0 Å². The molecule has 2 aromatic rings. The van der Waals surface area contributed by atoms with Crippen LogP contribution in [0.15, 0.2) is 23.0 Å². The Bertz CT molecular complexity index is 614. The molecule has 0 saturated carbocycles. The minimum absolute atomic E-state index is 0.0415. The molecule has 2 rings (SSSR count). The Labute approximate surface area is 107 Å². The third kappa shape index (κ3) is 3.37. The number of halogens is 3. The van der Waals surface area contributed by atoms with E-state index in [9.17, 15) is 18.0 Å². The average Bonchev–Trinajstić information content (AvgIpc) is 2.67. The first-order chi connectivity index (χ1) is 8.89. The zero-order valence-corrected chi connectivity index (χ0v) is 10.3. The highest BCUT2D eigenvalue weighted by atomic mass is 19.4. The van der Waals surface area contributed by atoms with E-state index < -0.39 is 18.6 Å². The number of fused-ring (bicyclic) bond motifs is 1. The van der Waals surface area contributed by atoms with E-state index >= 15 is 0 Å². The van der Waals surface area contributed by atoms with Crippen molar-refractivity contribution in [3.63, 3.8) is 0 Å². The lowest BCUT2D eigenvalue weighted by atomic mass is 10.0. The standard InChI is InChI=1S/C12H14F3N3O/c1-16-8(4-5-12(13,14)15)7-2-3-9-10(6-7)18-11(19)17-9/h2-3,6,8,16H,4-5H2,1H3,(H2,17,18,19). The zero-order chi connectivity index (χ0) is 14.0. The van der Waals surface area contributed by atoms with Crippen LogP contribution in [0.2, 0.25) is 0 Å². The summed E-state index contributed by atoms with van der Waals surface area (Å²) >= 11 is 0. The van der Waals surface area contributed by atoms with E-state index in [0.717, 1.165) is 5.56 Å². The third-order valence-electron chi connectivity index (χ3n) is 3.01. The quantitative estimate of drug-likeness (QED) is 0.801. The van der Waals surface area contributed by atoms with E-state index in [-0.39, 0.29) is 12.1 Å². The SMILES string of the molecule is CNC(CCC(F)(F)F)c1ccc2[nH]c(=O)[nH]c2c1. The van der Waals surface area contributed by atoms with Gasteiger partial charge in [-0.15, -0.1) is 0 Å². The first-order valence-corrected chi connectivity index (χ1v) is 5.85. The molecule has 0 aliphatic rings. The van der Waals surface area contributed by atoms with Crippen LogP contribution in [0, 0.1) is 0 Å². The van der Waals surface area contributed by atoms with Crippen LogP contribution in [0.4, 0.5) is 13.2 Å². The maximum absolute atomic E-state index is 12.2. The van der Waals surface area contributed by atoms with Crippen molar-refractivity contribution >= 4 is 11.0 Å². The number of rotatable bonds is 4. The van der Waals surface area contributed by atoms with Gasteiger partial charge < -0.3 is 15.3 Å². The second kappa shape index (κ2) is 5.08. The minimum atomic E-state index is -4.17. The molecule has 1 unspecified atom stereocenters. The predicted molar refractivity (Wildman–Crippen MR) is 66.0 cm³/mol. The van der Waals surface area contributed by atoms with E-state index in [2.05, 4.69) is 15.3 Å². The summed E-state index contributed by atoms with van der Waals surface area (Å²) in [6.45, 7) is 0. The third-order valence-corrected chi connectivity index (χ3v) is 3.01. The molecular formula is C12H14F3N3O. The molecule has 0 aliphatic heterocycles. The van der Waals surface area contributed by atoms with Crippen molar-refractivity contribution in [2.45, 2.75) is 25.1 Å². The van der Waals surface area contributed by atoms with Gasteiger partial charge in [-0.3, -0.25) is 0 Å². The molecule has 7 heteroatoms. The highest BCUT2D eigenvalue weighted by molar-refractivity contribution is 5.75. The van der Waals surface area contributed by atoms with Gasteiger partial charge >= 0.3 is 11.9 Å². The molecule has 104 valence electrons. The molecule has 4 nitrogen and oxygen atoms in total. The molecule has 3 N–H and O–H groups in total. The molecule has 0 saturated heterocycles. The summed E-state index contributed by atoms with van der Waals surface area (Å²) < 4.78 is 36.7. The second-order valence-corrected chi connectivity index (χ2v) is 4.38. The fourth-order valence-corrected chi connectivity index (χ4v) is 2.05. The van der Waals surface area contributed by atoms with Gasteiger partial charge in [-0.2, -0.15) is 13.2 Å². The van der Waals surface area contributed by atoms with Crippen LogP contribution in [0.25, 0.3) is 11.0 Å². The van der Waals surface area contributed by atoms with Crippen molar-refractivity contribution in [2.24, 2.45) is 0 Å². The summed E-state index contributed by atoms with van der Waals surface area (Å²) in [6.07, 6.45) is -5.05. The van der Waals surface area contributed by atoms with E-state index in [0.29, 0.717) is 11.0 Å². The maximum atomic E-state index is 12.2. The Morgan fingerprint density at radius 2 is 1.95 bits per heavy atom. The van der Waals surface area contributed by atoms with E-state index in [4.69, 9.17) is 0 Å². The summed E-state index contributed by atoms with van der Waals surface area (Å²) in [6, 6.07) is 4.68. The summed E-state index contributed by atoms with van der Waals surface area (Å²) in [5, 5.41) is 2.86. The van der Waals surface area contributed by atoms with Crippen molar-refractivity contribution in [2.75, 3.05) is 7.05 Å². The van der Waals surface area contributed by atoms with Gasteiger partial charge in [-0.1, -0.05) is 6.07 Å². The van der Waals surface area contributed by atoms with Crippen molar-refractivity contribution in [3.8, 4) is 0 Å². The number of imidazole rings is 1. The van der Waals surface area contributed by atoms with Crippen LogP contribution >= 0.6 is 0 Å². The van der Waals surface area contributed by atoms with Crippen LogP contribution in [-0.4, -0.2) is 23.2 Å². The van der Waals surface area contributed by atoms with Crippen molar-refractivity contribution in [3.05, 3.63) is 34.2 Å². The normalized spacial score (nSPS) is 13.9. The number of alkyl halides is 3. The summed E-state index contributed by atoms with van der Waals surface area (Å²) in [4.78, 5) is 16.3. The Morgan fingerprint density at radius 3 is 2.58 bits per heavy atom. The largest absolute Gasteiger partial charge is 0.389 e. The van der Waals surface area contributed by atoms with E-state index in [1.54, 1.807) is 25.2 Å². The van der Waals surface area contributed by atoms with E-state index in [1.807, 2.05) is 0 Å². The molecular weight excluding hydrogens is 259 g/mol. The highest BCUT2D eigenvalue weighted by Gasteiger charge is 2.28. The first-order valence-electron chi connectivity index (χ1n) is 5.85. The smallest absolute Gasteiger partial charge is 0.313 e. The second-order valence-electron chi connectivity index (χ2n) is 4.38. The Hall–Kier alpha value is -1.76. The fraction of sp³-hybridized carbons (Fsp3) is 0.417. The number of aromatic nitrogens is 2. The topological polar surface area (TPSA) is 60.7 Å². The monoisotopic (exact) mass is 273 g/mol. The minimum Gasteiger partial charge on any atom is -0.313 e. The average molecular weight is 273 g/mol. The lowest BCUT2D eigenvalue weighted by Gasteiger charge is -2.17. The van der Waals surface area contributed by atoms with Crippen LogP contribution < -0.4 is 11.0 Å². The molecule has 0 spiro atoms.